The van der Waals surface area contributed by atoms with Crippen LogP contribution >= 0.6 is 11.8 Å². The number of carbonyl (C=O) groups excluding carboxylic acids is 1. The van der Waals surface area contributed by atoms with Crippen molar-refractivity contribution >= 4 is 23.9 Å². The van der Waals surface area contributed by atoms with E-state index in [0.29, 0.717) is 0 Å². The topological polar surface area (TPSA) is 46.4 Å². The Morgan fingerprint density at radius 1 is 0.967 bits per heavy atom. The molecule has 0 aliphatic carbocycles. The van der Waals surface area contributed by atoms with Crippen LogP contribution in [0.4, 0.5) is 0 Å². The summed E-state index contributed by atoms with van der Waals surface area (Å²) in [4.78, 5) is 13.5. The van der Waals surface area contributed by atoms with Crippen molar-refractivity contribution in [1.29, 1.82) is 0 Å². The zero-order chi connectivity index (χ0) is 21.8. The van der Waals surface area contributed by atoms with Crippen LogP contribution in [0.1, 0.15) is 40.6 Å². The maximum Gasteiger partial charge on any atom is 0.253 e. The summed E-state index contributed by atoms with van der Waals surface area (Å²) in [6.45, 7) is 12.3. The first-order chi connectivity index (χ1) is 14.2. The van der Waals surface area contributed by atoms with Crippen LogP contribution in [0.25, 0.3) is 5.69 Å². The maximum atomic E-state index is 12.4. The lowest BCUT2D eigenvalue weighted by molar-refractivity contribution is -0.120. The molecule has 0 fully saturated rings. The number of rotatable bonds is 6. The lowest BCUT2D eigenvalue weighted by Gasteiger charge is -2.12. The molecule has 0 unspecified atom stereocenters. The summed E-state index contributed by atoms with van der Waals surface area (Å²) >= 11 is 1.53. The van der Waals surface area contributed by atoms with Gasteiger partial charge >= 0.3 is 0 Å². The quantitative estimate of drug-likeness (QED) is 0.319. The van der Waals surface area contributed by atoms with Gasteiger partial charge in [0.05, 0.1) is 11.5 Å². The van der Waals surface area contributed by atoms with E-state index in [-0.39, 0.29) is 11.2 Å². The Hall–Kier alpha value is -2.79. The molecule has 1 amide bonds. The standard InChI is InChI=1S/C25H29N3OS/c1-16-7-9-24(10-8-16)30-21(6)25(29)27-26-15-22-14-19(4)28(20(22)5)23-12-17(2)11-18(3)13-23/h7-15,21H,1-6H3,(H,27,29)/b26-15-/t21-/m1/s1. The van der Waals surface area contributed by atoms with Gasteiger partial charge in [0.2, 0.25) is 0 Å². The second kappa shape index (κ2) is 9.35. The number of hydrogen-bond donors (Lipinski definition) is 1. The molecule has 3 aromatic rings. The molecule has 2 aromatic carbocycles. The Labute approximate surface area is 183 Å². The summed E-state index contributed by atoms with van der Waals surface area (Å²) in [5.74, 6) is -0.111. The van der Waals surface area contributed by atoms with Gasteiger partial charge in [0.25, 0.3) is 5.91 Å². The summed E-state index contributed by atoms with van der Waals surface area (Å²) in [5.41, 5.74) is 10.7. The van der Waals surface area contributed by atoms with Gasteiger partial charge < -0.3 is 4.57 Å². The van der Waals surface area contributed by atoms with E-state index in [0.717, 1.165) is 27.5 Å². The molecule has 156 valence electrons. The molecular formula is C25H29N3OS. The van der Waals surface area contributed by atoms with Crippen LogP contribution in [0.3, 0.4) is 0 Å². The van der Waals surface area contributed by atoms with Gasteiger partial charge in [0, 0.05) is 27.5 Å². The number of aromatic nitrogens is 1. The molecule has 1 N–H and O–H groups in total. The van der Waals surface area contributed by atoms with Crippen molar-refractivity contribution in [2.75, 3.05) is 0 Å². The number of nitrogens with one attached hydrogen (secondary N) is 1. The number of amides is 1. The van der Waals surface area contributed by atoms with E-state index in [4.69, 9.17) is 0 Å². The molecular weight excluding hydrogens is 390 g/mol. The second-order valence-electron chi connectivity index (χ2n) is 7.82. The van der Waals surface area contributed by atoms with Crippen LogP contribution in [0.15, 0.2) is 58.5 Å². The monoisotopic (exact) mass is 419 g/mol. The number of thioether (sulfide) groups is 1. The smallest absolute Gasteiger partial charge is 0.253 e. The summed E-state index contributed by atoms with van der Waals surface area (Å²) in [6.07, 6.45) is 1.72. The van der Waals surface area contributed by atoms with Crippen molar-refractivity contribution in [3.05, 3.63) is 82.2 Å². The number of aryl methyl sites for hydroxylation is 4. The SMILES string of the molecule is Cc1ccc(S[C@H](C)C(=O)N/N=C\c2cc(C)n(-c3cc(C)cc(C)c3)c2C)cc1. The molecule has 3 rings (SSSR count). The fourth-order valence-electron chi connectivity index (χ4n) is 3.53. The molecule has 1 aromatic heterocycles. The molecule has 0 saturated heterocycles. The van der Waals surface area contributed by atoms with Crippen molar-refractivity contribution in [2.24, 2.45) is 5.10 Å². The normalized spacial score (nSPS) is 12.3. The van der Waals surface area contributed by atoms with E-state index in [2.05, 4.69) is 86.1 Å². The van der Waals surface area contributed by atoms with Gasteiger partial charge in [-0.25, -0.2) is 5.43 Å². The highest BCUT2D eigenvalue weighted by atomic mass is 32.2. The molecule has 0 bridgehead atoms. The highest BCUT2D eigenvalue weighted by Crippen LogP contribution is 2.24. The molecule has 1 atom stereocenters. The van der Waals surface area contributed by atoms with Gasteiger partial charge in [-0.15, -0.1) is 11.8 Å². The molecule has 1 heterocycles. The second-order valence-corrected chi connectivity index (χ2v) is 9.23. The first-order valence-electron chi connectivity index (χ1n) is 10.1. The Balaban J connectivity index is 1.69. The van der Waals surface area contributed by atoms with Crippen LogP contribution in [0.5, 0.6) is 0 Å². The zero-order valence-electron chi connectivity index (χ0n) is 18.5. The molecule has 5 heteroatoms. The minimum Gasteiger partial charge on any atom is -0.318 e. The zero-order valence-corrected chi connectivity index (χ0v) is 19.3. The summed E-state index contributed by atoms with van der Waals surface area (Å²) in [5, 5.41) is 3.98. The largest absolute Gasteiger partial charge is 0.318 e. The lowest BCUT2D eigenvalue weighted by Crippen LogP contribution is -2.26. The average molecular weight is 420 g/mol. The van der Waals surface area contributed by atoms with Gasteiger partial charge in [0.15, 0.2) is 0 Å². The minimum absolute atomic E-state index is 0.111. The summed E-state index contributed by atoms with van der Waals surface area (Å²) in [6, 6.07) is 16.8. The van der Waals surface area contributed by atoms with Gasteiger partial charge in [-0.3, -0.25) is 4.79 Å². The number of hydrazone groups is 1. The Bertz CT molecular complexity index is 1060. The van der Waals surface area contributed by atoms with Gasteiger partial charge in [-0.05, 0) is 83.0 Å². The highest BCUT2D eigenvalue weighted by molar-refractivity contribution is 8.00. The molecule has 0 radical (unpaired) electrons. The van der Waals surface area contributed by atoms with Gasteiger partial charge in [-0.1, -0.05) is 23.8 Å². The van der Waals surface area contributed by atoms with Crippen LogP contribution in [-0.2, 0) is 4.79 Å². The Morgan fingerprint density at radius 2 is 1.60 bits per heavy atom. The number of carbonyl (C=O) groups is 1. The van der Waals surface area contributed by atoms with Crippen molar-refractivity contribution in [2.45, 2.75) is 51.7 Å². The minimum atomic E-state index is -0.229. The number of nitrogens with zero attached hydrogens (tertiary/aromatic N) is 2. The average Bonchev–Trinajstić information content (AvgIpc) is 2.96. The predicted octanol–water partition coefficient (Wildman–Crippen LogP) is 5.65. The van der Waals surface area contributed by atoms with E-state index in [1.807, 2.05) is 19.1 Å². The maximum absolute atomic E-state index is 12.4. The summed E-state index contributed by atoms with van der Waals surface area (Å²) < 4.78 is 2.22. The van der Waals surface area contributed by atoms with E-state index < -0.39 is 0 Å². The van der Waals surface area contributed by atoms with E-state index >= 15 is 0 Å². The molecule has 30 heavy (non-hydrogen) atoms. The van der Waals surface area contributed by atoms with Crippen molar-refractivity contribution in [1.82, 2.24) is 9.99 Å². The Kier molecular flexibility index (Phi) is 6.83. The molecule has 4 nitrogen and oxygen atoms in total. The summed E-state index contributed by atoms with van der Waals surface area (Å²) in [7, 11) is 0. The number of benzene rings is 2. The van der Waals surface area contributed by atoms with Crippen LogP contribution in [0, 0.1) is 34.6 Å². The lowest BCUT2D eigenvalue weighted by atomic mass is 10.1. The Morgan fingerprint density at radius 3 is 2.23 bits per heavy atom. The first-order valence-corrected chi connectivity index (χ1v) is 11.0. The third-order valence-electron chi connectivity index (χ3n) is 5.02. The third kappa shape index (κ3) is 5.22. The first kappa shape index (κ1) is 21.9. The molecule has 0 spiro atoms. The molecule has 0 saturated carbocycles. The fourth-order valence-corrected chi connectivity index (χ4v) is 4.39. The van der Waals surface area contributed by atoms with Crippen molar-refractivity contribution < 1.29 is 4.79 Å². The van der Waals surface area contributed by atoms with E-state index in [9.17, 15) is 4.79 Å². The molecule has 0 aliphatic heterocycles. The number of hydrogen-bond acceptors (Lipinski definition) is 3. The fraction of sp³-hybridized carbons (Fsp3) is 0.280. The van der Waals surface area contributed by atoms with E-state index in [1.54, 1.807) is 6.21 Å². The van der Waals surface area contributed by atoms with Gasteiger partial charge in [-0.2, -0.15) is 5.10 Å². The van der Waals surface area contributed by atoms with Crippen LogP contribution in [0.2, 0.25) is 0 Å². The van der Waals surface area contributed by atoms with Crippen molar-refractivity contribution in [3.63, 3.8) is 0 Å². The highest BCUT2D eigenvalue weighted by Gasteiger charge is 2.14. The van der Waals surface area contributed by atoms with Gasteiger partial charge in [0.1, 0.15) is 0 Å². The van der Waals surface area contributed by atoms with Crippen molar-refractivity contribution in [3.8, 4) is 5.69 Å². The van der Waals surface area contributed by atoms with Crippen LogP contribution in [-0.4, -0.2) is 21.9 Å². The predicted molar refractivity (Wildman–Crippen MR) is 127 cm³/mol. The van der Waals surface area contributed by atoms with E-state index in [1.165, 1.54) is 28.5 Å². The third-order valence-corrected chi connectivity index (χ3v) is 6.13. The van der Waals surface area contributed by atoms with Crippen LogP contribution < -0.4 is 5.43 Å². The molecule has 0 aliphatic rings.